The second-order valence-corrected chi connectivity index (χ2v) is 18.0. The first-order chi connectivity index (χ1) is 26.1. The Morgan fingerprint density at radius 1 is 0.946 bits per heavy atom. The number of aliphatic hydroxyl groups excluding tert-OH is 1. The Bertz CT molecular complexity index is 1800. The molecule has 56 heavy (non-hydrogen) atoms. The lowest BCUT2D eigenvalue weighted by molar-refractivity contribution is -0.192. The highest BCUT2D eigenvalue weighted by Gasteiger charge is 2.38. The van der Waals surface area contributed by atoms with Crippen LogP contribution in [0.3, 0.4) is 0 Å². The molecule has 0 saturated carbocycles. The average molecular weight is 844 g/mol. The molecule has 316 valence electrons. The Morgan fingerprint density at radius 2 is 1.54 bits per heavy atom. The number of carboxylic acid groups (broad SMARTS) is 1. The van der Waals surface area contributed by atoms with E-state index in [1.807, 2.05) is 45.0 Å². The van der Waals surface area contributed by atoms with Gasteiger partial charge in [-0.15, -0.1) is 0 Å². The normalized spacial score (nSPS) is 16.9. The van der Waals surface area contributed by atoms with Crippen LogP contribution in [0.2, 0.25) is 0 Å². The summed E-state index contributed by atoms with van der Waals surface area (Å²) in [6.07, 6.45) is -6.03. The van der Waals surface area contributed by atoms with Crippen LogP contribution in [0.25, 0.3) is 0 Å². The minimum Gasteiger partial charge on any atom is -0.475 e. The molecule has 20 heteroatoms. The van der Waals surface area contributed by atoms with Gasteiger partial charge in [0, 0.05) is 19.2 Å². The quantitative estimate of drug-likeness (QED) is 0.128. The van der Waals surface area contributed by atoms with E-state index in [9.17, 15) is 53.5 Å². The zero-order valence-corrected chi connectivity index (χ0v) is 32.9. The van der Waals surface area contributed by atoms with E-state index in [-0.39, 0.29) is 30.7 Å². The van der Waals surface area contributed by atoms with Gasteiger partial charge in [0.2, 0.25) is 5.91 Å². The van der Waals surface area contributed by atoms with Crippen molar-refractivity contribution in [2.24, 2.45) is 0 Å². The van der Waals surface area contributed by atoms with Crippen molar-refractivity contribution in [3.63, 3.8) is 0 Å². The van der Waals surface area contributed by atoms with Gasteiger partial charge in [-0.25, -0.2) is 35.2 Å². The van der Waals surface area contributed by atoms with Crippen LogP contribution >= 0.6 is 0 Å². The molecule has 5 N–H and O–H groups in total. The molecule has 1 saturated heterocycles. The third kappa shape index (κ3) is 17.1. The number of benzene rings is 2. The van der Waals surface area contributed by atoms with Crippen LogP contribution in [0.1, 0.15) is 69.6 Å². The number of aliphatic hydroxyl groups is 1. The number of rotatable bonds is 19. The summed E-state index contributed by atoms with van der Waals surface area (Å²) in [5.74, 6) is -6.79. The molecule has 0 spiro atoms. The van der Waals surface area contributed by atoms with Crippen molar-refractivity contribution in [3.8, 4) is 0 Å². The van der Waals surface area contributed by atoms with Gasteiger partial charge in [-0.1, -0.05) is 57.9 Å². The lowest BCUT2D eigenvalue weighted by Crippen LogP contribution is -2.57. The first-order valence-corrected chi connectivity index (χ1v) is 21.5. The van der Waals surface area contributed by atoms with Crippen LogP contribution in [0, 0.1) is 11.6 Å². The summed E-state index contributed by atoms with van der Waals surface area (Å²) in [5, 5.41) is 25.6. The number of alkyl halides is 3. The van der Waals surface area contributed by atoms with Crippen molar-refractivity contribution in [3.05, 3.63) is 70.8 Å². The predicted molar refractivity (Wildman–Crippen MR) is 197 cm³/mol. The highest BCUT2D eigenvalue weighted by Crippen LogP contribution is 2.19. The van der Waals surface area contributed by atoms with Gasteiger partial charge >= 0.3 is 18.2 Å². The summed E-state index contributed by atoms with van der Waals surface area (Å²) < 4.78 is 116. The number of aliphatic carboxylic acids is 1. The van der Waals surface area contributed by atoms with E-state index in [4.69, 9.17) is 14.6 Å². The van der Waals surface area contributed by atoms with Crippen molar-refractivity contribution in [1.29, 1.82) is 0 Å². The Labute approximate surface area is 323 Å². The summed E-state index contributed by atoms with van der Waals surface area (Å²) in [4.78, 5) is 35.6. The van der Waals surface area contributed by atoms with Crippen LogP contribution in [0.15, 0.2) is 42.5 Å². The van der Waals surface area contributed by atoms with Crippen LogP contribution in [-0.4, -0.2) is 105 Å². The number of ether oxygens (including phenoxy) is 1. The first kappa shape index (κ1) is 48.3. The monoisotopic (exact) mass is 843 g/mol. The molecule has 3 rings (SSSR count). The minimum absolute atomic E-state index is 0.0528. The molecule has 2 unspecified atom stereocenters. The fourth-order valence-electron chi connectivity index (χ4n) is 5.90. The molecule has 1 aliphatic heterocycles. The van der Waals surface area contributed by atoms with Gasteiger partial charge in [-0.3, -0.25) is 4.79 Å². The van der Waals surface area contributed by atoms with Gasteiger partial charge in [0.05, 0.1) is 34.7 Å². The number of nitrogens with one attached hydrogen (secondary N) is 3. The molecule has 4 atom stereocenters. The standard InChI is InChI=1S/C34H49F2N3O8S2.C2HF3O2/c1-4-8-29(9-5-2)49(45,46)22-31(39-34(42)47-28-12-13-48(43,44)21-28)33(41)38-30(17-25-15-26(35)18-27(36)16-25)32(40)20-37-19-24-11-7-10-23(6-3)14-24;3-2(4,5)1(6)7/h7,10-11,14-16,18,28-32,37,40H,4-6,8-9,12-13,17,19-22H2,1-3H3,(H,38,41)(H,39,42);(H,6,7)/t28?,30-,31?,32+;/m0./s1. The number of hydrogen-bond acceptors (Lipinski definition) is 10. The topological polar surface area (TPSA) is 205 Å². The lowest BCUT2D eigenvalue weighted by atomic mass is 10.00. The van der Waals surface area contributed by atoms with Crippen molar-refractivity contribution in [2.75, 3.05) is 23.8 Å². The van der Waals surface area contributed by atoms with Gasteiger partial charge in [0.25, 0.3) is 0 Å². The van der Waals surface area contributed by atoms with E-state index in [1.165, 1.54) is 0 Å². The van der Waals surface area contributed by atoms with E-state index < -0.39 is 96.5 Å². The number of carboxylic acids is 1. The van der Waals surface area contributed by atoms with E-state index in [0.29, 0.717) is 38.3 Å². The number of aryl methyl sites for hydroxylation is 1. The van der Waals surface area contributed by atoms with Crippen LogP contribution in [0.5, 0.6) is 0 Å². The first-order valence-electron chi connectivity index (χ1n) is 18.0. The van der Waals surface area contributed by atoms with Crippen molar-refractivity contribution < 1.29 is 68.1 Å². The summed E-state index contributed by atoms with van der Waals surface area (Å²) in [6.45, 7) is 6.02. The van der Waals surface area contributed by atoms with Crippen molar-refractivity contribution in [2.45, 2.75) is 108 Å². The average Bonchev–Trinajstić information content (AvgIpc) is 3.44. The molecule has 2 amide bonds. The molecule has 0 aliphatic carbocycles. The van der Waals surface area contributed by atoms with Gasteiger partial charge in [-0.05, 0) is 60.9 Å². The van der Waals surface area contributed by atoms with E-state index in [1.54, 1.807) is 0 Å². The molecule has 1 heterocycles. The molecular weight excluding hydrogens is 794 g/mol. The number of sulfone groups is 2. The second kappa shape index (κ2) is 22.2. The minimum atomic E-state index is -5.08. The largest absolute Gasteiger partial charge is 0.490 e. The highest BCUT2D eigenvalue weighted by molar-refractivity contribution is 7.92. The van der Waals surface area contributed by atoms with Gasteiger partial charge in [0.1, 0.15) is 23.8 Å². The zero-order valence-electron chi connectivity index (χ0n) is 31.3. The summed E-state index contributed by atoms with van der Waals surface area (Å²) >= 11 is 0. The summed E-state index contributed by atoms with van der Waals surface area (Å²) in [5.41, 5.74) is 2.21. The third-order valence-electron chi connectivity index (χ3n) is 8.70. The van der Waals surface area contributed by atoms with Crippen LogP contribution in [0.4, 0.5) is 26.7 Å². The van der Waals surface area contributed by atoms with Crippen LogP contribution in [-0.2, 0) is 53.4 Å². The number of halogens is 5. The fourth-order valence-corrected chi connectivity index (χ4v) is 9.65. The number of carbonyl (C=O) groups is 3. The molecule has 1 aliphatic rings. The SMILES string of the molecule is CCCC(CCC)S(=O)(=O)CC(NC(=O)OC1CCS(=O)(=O)C1)C(=O)N[C@@H](Cc1cc(F)cc(F)c1)[C@H](O)CNCc1cccc(CC)c1.O=C(O)C(F)(F)F. The summed E-state index contributed by atoms with van der Waals surface area (Å²) in [6, 6.07) is 7.78. The molecule has 0 aromatic heterocycles. The van der Waals surface area contributed by atoms with Gasteiger partial charge < -0.3 is 30.9 Å². The summed E-state index contributed by atoms with van der Waals surface area (Å²) in [7, 11) is -7.36. The second-order valence-electron chi connectivity index (χ2n) is 13.4. The van der Waals surface area contributed by atoms with E-state index >= 15 is 0 Å². The molecule has 1 fully saturated rings. The Kier molecular flexibility index (Phi) is 19.1. The maximum absolute atomic E-state index is 14.1. The number of alkyl carbamates (subject to hydrolysis) is 1. The van der Waals surface area contributed by atoms with Crippen molar-refractivity contribution in [1.82, 2.24) is 16.0 Å². The zero-order chi connectivity index (χ0) is 42.3. The Morgan fingerprint density at radius 3 is 2.05 bits per heavy atom. The molecule has 2 aromatic rings. The molecule has 0 radical (unpaired) electrons. The van der Waals surface area contributed by atoms with Gasteiger partial charge in [-0.2, -0.15) is 13.2 Å². The maximum Gasteiger partial charge on any atom is 0.490 e. The smallest absolute Gasteiger partial charge is 0.475 e. The molecular formula is C36H50F5N3O10S2. The van der Waals surface area contributed by atoms with Crippen molar-refractivity contribution >= 4 is 37.6 Å². The Hall–Kier alpha value is -3.88. The Balaban J connectivity index is 0.00000141. The third-order valence-corrected chi connectivity index (χ3v) is 12.7. The fraction of sp³-hybridized carbons (Fsp3) is 0.583. The molecule has 0 bridgehead atoms. The van der Waals surface area contributed by atoms with E-state index in [0.717, 1.165) is 29.7 Å². The number of carbonyl (C=O) groups excluding carboxylic acids is 2. The molecule has 13 nitrogen and oxygen atoms in total. The lowest BCUT2D eigenvalue weighted by Gasteiger charge is -2.28. The number of hydrogen-bond donors (Lipinski definition) is 5. The molecule has 2 aromatic carbocycles. The van der Waals surface area contributed by atoms with E-state index in [2.05, 4.69) is 16.0 Å². The maximum atomic E-state index is 14.1. The number of amides is 2. The highest BCUT2D eigenvalue weighted by atomic mass is 32.2. The van der Waals surface area contributed by atoms with Crippen LogP contribution < -0.4 is 16.0 Å². The predicted octanol–water partition coefficient (Wildman–Crippen LogP) is 4.00. The van der Waals surface area contributed by atoms with Gasteiger partial charge in [0.15, 0.2) is 19.7 Å².